The van der Waals surface area contributed by atoms with Crippen molar-refractivity contribution in [2.45, 2.75) is 31.8 Å². The van der Waals surface area contributed by atoms with Crippen LogP contribution < -0.4 is 10.6 Å². The largest absolute Gasteiger partial charge is 0.378 e. The zero-order chi connectivity index (χ0) is 13.9. The van der Waals surface area contributed by atoms with E-state index in [0.29, 0.717) is 13.0 Å². The number of hydrogen-bond donors (Lipinski definition) is 2. The quantitative estimate of drug-likeness (QED) is 0.605. The van der Waals surface area contributed by atoms with Gasteiger partial charge in [0.1, 0.15) is 6.61 Å². The molecule has 1 aliphatic rings. The van der Waals surface area contributed by atoms with Crippen molar-refractivity contribution in [3.05, 3.63) is 0 Å². The van der Waals surface area contributed by atoms with Crippen LogP contribution in [0, 0.1) is 0 Å². The molecule has 1 aliphatic heterocycles. The monoisotopic (exact) mass is 280 g/mol. The Morgan fingerprint density at radius 1 is 1.32 bits per heavy atom. The third-order valence-corrected chi connectivity index (χ3v) is 2.78. The molecule has 1 saturated heterocycles. The summed E-state index contributed by atoms with van der Waals surface area (Å²) >= 11 is 0. The highest BCUT2D eigenvalue weighted by molar-refractivity contribution is 5.75. The number of nitrogens with one attached hydrogen (secondary N) is 2. The average Bonchev–Trinajstić information content (AvgIpc) is 2.39. The molecule has 1 amide bonds. The van der Waals surface area contributed by atoms with Gasteiger partial charge in [0, 0.05) is 13.0 Å². The number of halogens is 2. The fraction of sp³-hybridized carbons (Fsp3) is 0.917. The summed E-state index contributed by atoms with van der Waals surface area (Å²) in [6.07, 6.45) is 0.0165. The minimum absolute atomic E-state index is 0.102. The molecule has 0 bridgehead atoms. The lowest BCUT2D eigenvalue weighted by atomic mass is 10.1. The van der Waals surface area contributed by atoms with Crippen molar-refractivity contribution in [3.63, 3.8) is 0 Å². The summed E-state index contributed by atoms with van der Waals surface area (Å²) in [6, 6.07) is 0. The van der Waals surface area contributed by atoms with Crippen LogP contribution in [0.25, 0.3) is 0 Å². The molecule has 1 fully saturated rings. The Morgan fingerprint density at radius 2 is 2.05 bits per heavy atom. The van der Waals surface area contributed by atoms with Gasteiger partial charge in [0.2, 0.25) is 5.91 Å². The molecule has 0 atom stereocenters. The van der Waals surface area contributed by atoms with E-state index in [-0.39, 0.29) is 25.2 Å². The lowest BCUT2D eigenvalue weighted by molar-refractivity contribution is -0.123. The van der Waals surface area contributed by atoms with Gasteiger partial charge in [0.15, 0.2) is 0 Å². The lowest BCUT2D eigenvalue weighted by Crippen LogP contribution is -2.33. The molecule has 2 N–H and O–H groups in total. The topological polar surface area (TPSA) is 59.6 Å². The number of carbonyl (C=O) groups is 1. The Kier molecular flexibility index (Phi) is 8.61. The van der Waals surface area contributed by atoms with Crippen molar-refractivity contribution >= 4 is 5.91 Å². The van der Waals surface area contributed by atoms with Gasteiger partial charge >= 0.3 is 0 Å². The van der Waals surface area contributed by atoms with E-state index in [1.54, 1.807) is 0 Å². The molecule has 0 aromatic rings. The van der Waals surface area contributed by atoms with Gasteiger partial charge in [0.05, 0.1) is 19.3 Å². The van der Waals surface area contributed by atoms with Crippen LogP contribution in [0.15, 0.2) is 0 Å². The van der Waals surface area contributed by atoms with Crippen molar-refractivity contribution in [3.8, 4) is 0 Å². The molecular weight excluding hydrogens is 258 g/mol. The van der Waals surface area contributed by atoms with E-state index in [2.05, 4.69) is 15.4 Å². The minimum Gasteiger partial charge on any atom is -0.378 e. The first kappa shape index (κ1) is 16.3. The predicted octanol–water partition coefficient (Wildman–Crippen LogP) is 0.543. The standard InChI is InChI=1S/C12H22F2N2O3/c13-11(14)9-18-8-6-16-12(17)3-7-19-10-1-4-15-5-2-10/h10-11,15H,1-9H2,(H,16,17). The lowest BCUT2D eigenvalue weighted by Gasteiger charge is -2.22. The zero-order valence-electron chi connectivity index (χ0n) is 11.0. The van der Waals surface area contributed by atoms with Crippen LogP contribution in [-0.4, -0.2) is 57.9 Å². The molecule has 112 valence electrons. The maximum Gasteiger partial charge on any atom is 0.261 e. The van der Waals surface area contributed by atoms with E-state index < -0.39 is 13.0 Å². The van der Waals surface area contributed by atoms with Crippen LogP contribution in [0.2, 0.25) is 0 Å². The van der Waals surface area contributed by atoms with E-state index in [9.17, 15) is 13.6 Å². The maximum atomic E-state index is 11.7. The summed E-state index contributed by atoms with van der Waals surface area (Å²) in [5, 5.41) is 5.83. The van der Waals surface area contributed by atoms with Gasteiger partial charge < -0.3 is 20.1 Å². The number of hydrogen-bond acceptors (Lipinski definition) is 4. The Balaban J connectivity index is 1.90. The third kappa shape index (κ3) is 8.85. The number of rotatable bonds is 9. The van der Waals surface area contributed by atoms with Gasteiger partial charge in [0.25, 0.3) is 6.43 Å². The third-order valence-electron chi connectivity index (χ3n) is 2.78. The summed E-state index contributed by atoms with van der Waals surface area (Å²) < 4.78 is 33.7. The number of amides is 1. The second-order valence-corrected chi connectivity index (χ2v) is 4.39. The maximum absolute atomic E-state index is 11.7. The summed E-state index contributed by atoms with van der Waals surface area (Å²) in [7, 11) is 0. The average molecular weight is 280 g/mol. The summed E-state index contributed by atoms with van der Waals surface area (Å²) in [5.74, 6) is -0.144. The Morgan fingerprint density at radius 3 is 2.74 bits per heavy atom. The van der Waals surface area contributed by atoms with Crippen LogP contribution in [0.3, 0.4) is 0 Å². The van der Waals surface area contributed by atoms with Crippen LogP contribution in [0.4, 0.5) is 8.78 Å². The van der Waals surface area contributed by atoms with Crippen LogP contribution in [0.5, 0.6) is 0 Å². The van der Waals surface area contributed by atoms with Gasteiger partial charge in [-0.15, -0.1) is 0 Å². The van der Waals surface area contributed by atoms with Crippen molar-refractivity contribution in [1.29, 1.82) is 0 Å². The van der Waals surface area contributed by atoms with Crippen LogP contribution >= 0.6 is 0 Å². The Labute approximate surface area is 112 Å². The molecule has 1 heterocycles. The fourth-order valence-electron chi connectivity index (χ4n) is 1.80. The van der Waals surface area contributed by atoms with Gasteiger partial charge in [-0.3, -0.25) is 4.79 Å². The van der Waals surface area contributed by atoms with E-state index in [4.69, 9.17) is 4.74 Å². The highest BCUT2D eigenvalue weighted by Gasteiger charge is 2.13. The van der Waals surface area contributed by atoms with Crippen molar-refractivity contribution < 1.29 is 23.0 Å². The van der Waals surface area contributed by atoms with Crippen molar-refractivity contribution in [2.75, 3.05) is 39.5 Å². The normalized spacial score (nSPS) is 16.8. The zero-order valence-corrected chi connectivity index (χ0v) is 11.0. The minimum atomic E-state index is -2.46. The van der Waals surface area contributed by atoms with Crippen molar-refractivity contribution in [1.82, 2.24) is 10.6 Å². The molecule has 7 heteroatoms. The molecule has 0 aromatic heterocycles. The molecule has 0 radical (unpaired) electrons. The summed E-state index contributed by atoms with van der Waals surface area (Å²) in [6.45, 7) is 2.07. The summed E-state index contributed by atoms with van der Waals surface area (Å²) in [4.78, 5) is 11.4. The number of carbonyl (C=O) groups excluding carboxylic acids is 1. The van der Waals surface area contributed by atoms with Gasteiger partial charge in [-0.1, -0.05) is 0 Å². The number of piperidine rings is 1. The van der Waals surface area contributed by atoms with E-state index in [1.807, 2.05) is 0 Å². The Hall–Kier alpha value is -0.790. The van der Waals surface area contributed by atoms with E-state index in [0.717, 1.165) is 25.9 Å². The number of ether oxygens (including phenoxy) is 2. The number of alkyl halides is 2. The van der Waals surface area contributed by atoms with E-state index in [1.165, 1.54) is 0 Å². The predicted molar refractivity (Wildman–Crippen MR) is 66.3 cm³/mol. The first-order valence-corrected chi connectivity index (χ1v) is 6.63. The SMILES string of the molecule is O=C(CCOC1CCNCC1)NCCOCC(F)F. The second-order valence-electron chi connectivity index (χ2n) is 4.39. The highest BCUT2D eigenvalue weighted by atomic mass is 19.3. The first-order valence-electron chi connectivity index (χ1n) is 6.63. The van der Waals surface area contributed by atoms with Crippen molar-refractivity contribution in [2.24, 2.45) is 0 Å². The van der Waals surface area contributed by atoms with Gasteiger partial charge in [-0.25, -0.2) is 8.78 Å². The fourth-order valence-corrected chi connectivity index (χ4v) is 1.80. The second kappa shape index (κ2) is 10.1. The van der Waals surface area contributed by atoms with Gasteiger partial charge in [-0.2, -0.15) is 0 Å². The first-order chi connectivity index (χ1) is 9.18. The highest BCUT2D eigenvalue weighted by Crippen LogP contribution is 2.07. The van der Waals surface area contributed by atoms with Gasteiger partial charge in [-0.05, 0) is 25.9 Å². The molecule has 0 unspecified atom stereocenters. The molecule has 0 aliphatic carbocycles. The molecule has 5 nitrogen and oxygen atoms in total. The van der Waals surface area contributed by atoms with Crippen LogP contribution in [0.1, 0.15) is 19.3 Å². The molecule has 1 rings (SSSR count). The Bertz CT molecular complexity index is 249. The van der Waals surface area contributed by atoms with Crippen LogP contribution in [-0.2, 0) is 14.3 Å². The molecule has 0 saturated carbocycles. The molecule has 19 heavy (non-hydrogen) atoms. The van der Waals surface area contributed by atoms with E-state index >= 15 is 0 Å². The summed E-state index contributed by atoms with van der Waals surface area (Å²) in [5.41, 5.74) is 0. The smallest absolute Gasteiger partial charge is 0.261 e. The molecular formula is C12H22F2N2O3. The molecule has 0 spiro atoms. The molecule has 0 aromatic carbocycles.